The fourth-order valence-corrected chi connectivity index (χ4v) is 6.12. The number of rotatable bonds is 9. The van der Waals surface area contributed by atoms with Crippen molar-refractivity contribution in [2.45, 2.75) is 9.79 Å². The minimum atomic E-state index is -4.90. The number of hydrogen-bond donors (Lipinski definition) is 2. The average Bonchev–Trinajstić information content (AvgIpc) is 3.56. The van der Waals surface area contributed by atoms with Gasteiger partial charge in [-0.15, -0.1) is 0 Å². The van der Waals surface area contributed by atoms with Gasteiger partial charge in [0.15, 0.2) is 0 Å². The molecule has 0 unspecified atom stereocenters. The Morgan fingerprint density at radius 1 is 0.458 bits per heavy atom. The molecule has 242 valence electrons. The molecule has 0 fully saturated rings. The number of anilines is 2. The van der Waals surface area contributed by atoms with Crippen LogP contribution < -0.4 is 19.3 Å². The van der Waals surface area contributed by atoms with Crippen molar-refractivity contribution in [2.75, 3.05) is 9.80 Å². The van der Waals surface area contributed by atoms with Crippen molar-refractivity contribution in [2.24, 2.45) is 0 Å². The second kappa shape index (κ2) is 12.0. The lowest BCUT2D eigenvalue weighted by atomic mass is 10.1. The van der Waals surface area contributed by atoms with E-state index in [0.717, 1.165) is 46.2 Å². The van der Waals surface area contributed by atoms with Crippen molar-refractivity contribution in [3.63, 3.8) is 0 Å². The molecule has 48 heavy (non-hydrogen) atoms. The molecule has 16 heteroatoms. The second-order valence-electron chi connectivity index (χ2n) is 10.2. The average molecular weight is 689 g/mol. The molecule has 0 spiro atoms. The lowest BCUT2D eigenvalue weighted by Gasteiger charge is -2.16. The molecular formula is C32H20N2O12S2. The SMILES string of the molecule is O=C1C=CC(=O)N1c1ccc(Oc2ccc(-c3ccc(Oc4ccc(N5C(=O)C=CC5=O)cc4)c(S(=O)(=O)O)c3)cc2S(=O)(=O)O)cc1. The van der Waals surface area contributed by atoms with E-state index in [1.807, 2.05) is 0 Å². The third kappa shape index (κ3) is 6.36. The van der Waals surface area contributed by atoms with Crippen molar-refractivity contribution in [1.82, 2.24) is 0 Å². The maximum atomic E-state index is 12.3. The third-order valence-electron chi connectivity index (χ3n) is 7.04. The molecule has 0 aromatic heterocycles. The second-order valence-corrected chi connectivity index (χ2v) is 12.9. The van der Waals surface area contributed by atoms with Crippen LogP contribution in [-0.2, 0) is 39.4 Å². The van der Waals surface area contributed by atoms with Crippen molar-refractivity contribution < 1.29 is 54.6 Å². The molecule has 0 aliphatic carbocycles. The molecule has 4 amide bonds. The van der Waals surface area contributed by atoms with Crippen LogP contribution in [0.5, 0.6) is 23.0 Å². The number of nitrogens with zero attached hydrogens (tertiary/aromatic N) is 2. The van der Waals surface area contributed by atoms with E-state index < -0.39 is 53.7 Å². The van der Waals surface area contributed by atoms with Crippen molar-refractivity contribution in [1.29, 1.82) is 0 Å². The maximum Gasteiger partial charge on any atom is 0.298 e. The van der Waals surface area contributed by atoms with Crippen LogP contribution >= 0.6 is 0 Å². The van der Waals surface area contributed by atoms with Crippen LogP contribution in [0.3, 0.4) is 0 Å². The van der Waals surface area contributed by atoms with E-state index in [2.05, 4.69) is 0 Å². The van der Waals surface area contributed by atoms with Crippen LogP contribution in [-0.4, -0.2) is 49.6 Å². The number of imide groups is 2. The molecule has 2 aliphatic heterocycles. The summed E-state index contributed by atoms with van der Waals surface area (Å²) in [5.74, 6) is -2.52. The summed E-state index contributed by atoms with van der Waals surface area (Å²) in [6.45, 7) is 0. The van der Waals surface area contributed by atoms with Gasteiger partial charge in [0.1, 0.15) is 32.8 Å². The zero-order chi connectivity index (χ0) is 34.4. The first-order valence-electron chi connectivity index (χ1n) is 13.6. The van der Waals surface area contributed by atoms with Gasteiger partial charge in [-0.1, -0.05) is 12.1 Å². The van der Waals surface area contributed by atoms with Crippen LogP contribution in [0.15, 0.2) is 119 Å². The highest BCUT2D eigenvalue weighted by Crippen LogP contribution is 2.37. The maximum absolute atomic E-state index is 12.3. The molecule has 0 atom stereocenters. The Labute approximate surface area is 272 Å². The van der Waals surface area contributed by atoms with Gasteiger partial charge < -0.3 is 9.47 Å². The third-order valence-corrected chi connectivity index (χ3v) is 8.79. The van der Waals surface area contributed by atoms with E-state index in [0.29, 0.717) is 0 Å². The fraction of sp³-hybridized carbons (Fsp3) is 0. The van der Waals surface area contributed by atoms with Gasteiger partial charge in [0.25, 0.3) is 43.9 Å². The summed E-state index contributed by atoms with van der Waals surface area (Å²) in [7, 11) is -9.79. The van der Waals surface area contributed by atoms with E-state index in [4.69, 9.17) is 9.47 Å². The number of amides is 4. The van der Waals surface area contributed by atoms with Gasteiger partial charge >= 0.3 is 0 Å². The first-order chi connectivity index (χ1) is 22.7. The van der Waals surface area contributed by atoms with E-state index in [9.17, 15) is 45.1 Å². The molecule has 4 aromatic rings. The Morgan fingerprint density at radius 2 is 0.771 bits per heavy atom. The first kappa shape index (κ1) is 32.0. The van der Waals surface area contributed by atoms with E-state index in [1.54, 1.807) is 0 Å². The van der Waals surface area contributed by atoms with E-state index >= 15 is 0 Å². The Morgan fingerprint density at radius 3 is 1.06 bits per heavy atom. The molecule has 0 saturated heterocycles. The van der Waals surface area contributed by atoms with Crippen LogP contribution in [0, 0.1) is 0 Å². The minimum Gasteiger partial charge on any atom is -0.456 e. The van der Waals surface area contributed by atoms with Gasteiger partial charge in [0.2, 0.25) is 0 Å². The highest BCUT2D eigenvalue weighted by atomic mass is 32.2. The predicted octanol–water partition coefficient (Wildman–Crippen LogP) is 4.29. The van der Waals surface area contributed by atoms with Gasteiger partial charge in [-0.25, -0.2) is 9.80 Å². The lowest BCUT2D eigenvalue weighted by Crippen LogP contribution is -2.29. The lowest BCUT2D eigenvalue weighted by molar-refractivity contribution is -0.121. The molecule has 14 nitrogen and oxygen atoms in total. The number of carbonyl (C=O) groups excluding carboxylic acids is 4. The van der Waals surface area contributed by atoms with Crippen molar-refractivity contribution in [3.05, 3.63) is 109 Å². The summed E-state index contributed by atoms with van der Waals surface area (Å²) in [4.78, 5) is 48.2. The fourth-order valence-electron chi connectivity index (χ4n) is 4.84. The Balaban J connectivity index is 1.27. The van der Waals surface area contributed by atoms with Crippen LogP contribution in [0.25, 0.3) is 11.1 Å². The summed E-state index contributed by atoms with van der Waals surface area (Å²) in [6, 6.07) is 18.4. The number of hydrogen-bond acceptors (Lipinski definition) is 10. The molecule has 2 heterocycles. The molecule has 2 N–H and O–H groups in total. The van der Waals surface area contributed by atoms with Crippen molar-refractivity contribution >= 4 is 55.2 Å². The summed E-state index contributed by atoms with van der Waals surface area (Å²) in [5, 5.41) is 0. The molecule has 0 saturated carbocycles. The van der Waals surface area contributed by atoms with E-state index in [1.165, 1.54) is 72.8 Å². The Kier molecular flexibility index (Phi) is 8.01. The van der Waals surface area contributed by atoms with Gasteiger partial charge in [0.05, 0.1) is 11.4 Å². The Bertz CT molecular complexity index is 2110. The van der Waals surface area contributed by atoms with Crippen LogP contribution in [0.4, 0.5) is 11.4 Å². The quantitative estimate of drug-likeness (QED) is 0.187. The number of carbonyl (C=O) groups is 4. The smallest absolute Gasteiger partial charge is 0.298 e. The summed E-state index contributed by atoms with van der Waals surface area (Å²) in [5.41, 5.74) is 0.718. The number of benzene rings is 4. The van der Waals surface area contributed by atoms with Crippen LogP contribution in [0.2, 0.25) is 0 Å². The molecule has 2 aliphatic rings. The highest BCUT2D eigenvalue weighted by molar-refractivity contribution is 7.86. The monoisotopic (exact) mass is 688 g/mol. The van der Waals surface area contributed by atoms with Gasteiger partial charge in [0, 0.05) is 24.3 Å². The minimum absolute atomic E-state index is 0.0990. The molecule has 0 bridgehead atoms. The molecule has 0 radical (unpaired) electrons. The van der Waals surface area contributed by atoms with Gasteiger partial charge in [-0.05, 0) is 83.9 Å². The van der Waals surface area contributed by atoms with Crippen LogP contribution in [0.1, 0.15) is 0 Å². The Hall–Kier alpha value is -5.94. The number of ether oxygens (including phenoxy) is 2. The van der Waals surface area contributed by atoms with Gasteiger partial charge in [-0.3, -0.25) is 28.3 Å². The normalized spacial score (nSPS) is 14.7. The standard InChI is InChI=1S/C32H20N2O12S2/c35-29-13-14-30(36)33(29)21-3-7-23(8-4-21)45-25-11-1-19(17-27(25)47(39,40)41)20-2-12-26(28(18-20)48(42,43)44)46-24-9-5-22(6-10-24)34-31(37)15-16-32(34)38/h1-18H,(H,39,40,41)(H,42,43,44). The summed E-state index contributed by atoms with van der Waals surface area (Å²) >= 11 is 0. The largest absolute Gasteiger partial charge is 0.456 e. The zero-order valence-corrected chi connectivity index (χ0v) is 25.7. The topological polar surface area (TPSA) is 202 Å². The summed E-state index contributed by atoms with van der Waals surface area (Å²) in [6.07, 6.45) is 4.48. The first-order valence-corrected chi connectivity index (χ1v) is 16.5. The summed E-state index contributed by atoms with van der Waals surface area (Å²) < 4.78 is 80.7. The predicted molar refractivity (Wildman–Crippen MR) is 168 cm³/mol. The highest BCUT2D eigenvalue weighted by Gasteiger charge is 2.27. The van der Waals surface area contributed by atoms with E-state index in [-0.39, 0.29) is 45.5 Å². The van der Waals surface area contributed by atoms with Gasteiger partial charge in [-0.2, -0.15) is 16.8 Å². The molecule has 4 aromatic carbocycles. The zero-order valence-electron chi connectivity index (χ0n) is 24.1. The molecular weight excluding hydrogens is 668 g/mol. The van der Waals surface area contributed by atoms with Crippen molar-refractivity contribution in [3.8, 4) is 34.1 Å². The molecule has 6 rings (SSSR count).